The number of amides is 1. The number of hydrogen-bond acceptors (Lipinski definition) is 4. The van der Waals surface area contributed by atoms with Gasteiger partial charge < -0.3 is 9.57 Å². The second-order valence-electron chi connectivity index (χ2n) is 6.29. The Morgan fingerprint density at radius 1 is 1.25 bits per heavy atom. The first-order valence-electron chi connectivity index (χ1n) is 8.57. The Balaban J connectivity index is 1.53. The zero-order valence-electron chi connectivity index (χ0n) is 15.0. The quantitative estimate of drug-likeness (QED) is 0.715. The van der Waals surface area contributed by atoms with Gasteiger partial charge in [-0.25, -0.2) is 0 Å². The van der Waals surface area contributed by atoms with Gasteiger partial charge in [-0.05, 0) is 52.2 Å². The number of fused-ring (bicyclic) bond motifs is 1. The Morgan fingerprint density at radius 3 is 2.79 bits per heavy atom. The van der Waals surface area contributed by atoms with E-state index >= 15 is 0 Å². The topological polar surface area (TPSA) is 75.0 Å². The lowest BCUT2D eigenvalue weighted by atomic mass is 10.1. The van der Waals surface area contributed by atoms with E-state index < -0.39 is 5.91 Å². The van der Waals surface area contributed by atoms with E-state index in [-0.39, 0.29) is 11.4 Å². The number of carbonyl (C=O) groups is 1. The fourth-order valence-corrected chi connectivity index (χ4v) is 3.34. The molecule has 0 saturated carbocycles. The maximum atomic E-state index is 12.3. The minimum atomic E-state index is -0.466. The largest absolute Gasteiger partial charge is 0.488 e. The van der Waals surface area contributed by atoms with Crippen LogP contribution in [-0.2, 0) is 16.2 Å². The fraction of sp³-hybridized carbons (Fsp3) is 0.0952. The van der Waals surface area contributed by atoms with Crippen LogP contribution >= 0.6 is 15.9 Å². The first kappa shape index (κ1) is 18.2. The first-order valence-corrected chi connectivity index (χ1v) is 9.37. The third kappa shape index (κ3) is 3.61. The molecule has 1 N–H and O–H groups in total. The molecule has 2 aromatic rings. The highest BCUT2D eigenvalue weighted by molar-refractivity contribution is 9.10. The Hall–Kier alpha value is -3.19. The van der Waals surface area contributed by atoms with Gasteiger partial charge in [0.15, 0.2) is 11.7 Å². The number of allylic oxidation sites excluding steroid dienone is 1. The SMILES string of the molecule is CC1=CC2=NC(=O)/C(=C/c3ccc(OCc4ccccc4)c(Br)c3)C(=N)N2O1. The van der Waals surface area contributed by atoms with Crippen LogP contribution in [0.2, 0.25) is 0 Å². The summed E-state index contributed by atoms with van der Waals surface area (Å²) in [6.07, 6.45) is 3.24. The van der Waals surface area contributed by atoms with Gasteiger partial charge in [-0.3, -0.25) is 10.2 Å². The van der Waals surface area contributed by atoms with E-state index in [2.05, 4.69) is 20.9 Å². The molecule has 2 aliphatic rings. The Morgan fingerprint density at radius 2 is 2.04 bits per heavy atom. The normalized spacial score (nSPS) is 17.2. The van der Waals surface area contributed by atoms with Crippen molar-refractivity contribution in [3.05, 3.63) is 81.5 Å². The summed E-state index contributed by atoms with van der Waals surface area (Å²) >= 11 is 3.50. The van der Waals surface area contributed by atoms with Crippen molar-refractivity contribution in [2.24, 2.45) is 4.99 Å². The van der Waals surface area contributed by atoms with Gasteiger partial charge in [0.1, 0.15) is 18.1 Å². The molecule has 4 rings (SSSR count). The third-order valence-corrected chi connectivity index (χ3v) is 4.80. The van der Waals surface area contributed by atoms with Gasteiger partial charge in [-0.1, -0.05) is 36.4 Å². The monoisotopic (exact) mass is 437 g/mol. The number of amidine groups is 2. The van der Waals surface area contributed by atoms with Gasteiger partial charge in [-0.2, -0.15) is 4.99 Å². The number of hydroxylamine groups is 2. The molecule has 2 aliphatic heterocycles. The standard InChI is InChI=1S/C21H16BrN3O3/c1-13-9-19-24-21(26)16(20(23)25(19)28-13)10-15-7-8-18(17(22)11-15)27-12-14-5-3-2-4-6-14/h2-11,23H,12H2,1H3/b16-10+,23-20?. The Labute approximate surface area is 170 Å². The van der Waals surface area contributed by atoms with Crippen LogP contribution in [0.4, 0.5) is 0 Å². The molecule has 0 aliphatic carbocycles. The molecular formula is C21H16BrN3O3. The minimum absolute atomic E-state index is 0.0383. The van der Waals surface area contributed by atoms with E-state index in [1.807, 2.05) is 48.5 Å². The van der Waals surface area contributed by atoms with Crippen LogP contribution < -0.4 is 4.74 Å². The van der Waals surface area contributed by atoms with Gasteiger partial charge in [-0.15, -0.1) is 5.06 Å². The lowest BCUT2D eigenvalue weighted by Crippen LogP contribution is -2.38. The molecule has 2 heterocycles. The number of ether oxygens (including phenoxy) is 1. The van der Waals surface area contributed by atoms with E-state index in [0.29, 0.717) is 24.0 Å². The van der Waals surface area contributed by atoms with Crippen LogP contribution in [0, 0.1) is 5.41 Å². The highest BCUT2D eigenvalue weighted by Crippen LogP contribution is 2.29. The predicted molar refractivity (Wildman–Crippen MR) is 110 cm³/mol. The summed E-state index contributed by atoms with van der Waals surface area (Å²) in [7, 11) is 0. The second kappa shape index (κ2) is 7.44. The first-order chi connectivity index (χ1) is 13.5. The molecule has 0 bridgehead atoms. The number of benzene rings is 2. The van der Waals surface area contributed by atoms with Crippen LogP contribution in [0.15, 0.2) is 75.4 Å². The molecule has 0 aromatic heterocycles. The smallest absolute Gasteiger partial charge is 0.282 e. The van der Waals surface area contributed by atoms with Gasteiger partial charge >= 0.3 is 0 Å². The zero-order chi connectivity index (χ0) is 19.7. The van der Waals surface area contributed by atoms with Gasteiger partial charge in [0.05, 0.1) is 10.0 Å². The summed E-state index contributed by atoms with van der Waals surface area (Å²) < 4.78 is 6.60. The summed E-state index contributed by atoms with van der Waals surface area (Å²) in [4.78, 5) is 21.7. The molecule has 0 unspecified atom stereocenters. The van der Waals surface area contributed by atoms with Crippen molar-refractivity contribution in [3.8, 4) is 5.75 Å². The molecule has 1 amide bonds. The summed E-state index contributed by atoms with van der Waals surface area (Å²) in [5, 5.41) is 9.51. The van der Waals surface area contributed by atoms with Gasteiger partial charge in [0.2, 0.25) is 0 Å². The summed E-state index contributed by atoms with van der Waals surface area (Å²) in [5.41, 5.74) is 1.98. The molecule has 0 fully saturated rings. The van der Waals surface area contributed by atoms with Crippen molar-refractivity contribution in [2.45, 2.75) is 13.5 Å². The lowest BCUT2D eigenvalue weighted by Gasteiger charge is -2.23. The minimum Gasteiger partial charge on any atom is -0.488 e. The number of carbonyl (C=O) groups excluding carboxylic acids is 1. The van der Waals surface area contributed by atoms with Crippen molar-refractivity contribution in [1.82, 2.24) is 5.06 Å². The summed E-state index contributed by atoms with van der Waals surface area (Å²) in [6, 6.07) is 15.4. The number of nitrogens with one attached hydrogen (secondary N) is 1. The van der Waals surface area contributed by atoms with E-state index in [9.17, 15) is 4.79 Å². The molecule has 0 spiro atoms. The average molecular weight is 438 g/mol. The van der Waals surface area contributed by atoms with Gasteiger partial charge in [0.25, 0.3) is 5.91 Å². The Kier molecular flexibility index (Phi) is 4.83. The molecule has 0 radical (unpaired) electrons. The van der Waals surface area contributed by atoms with Crippen LogP contribution in [0.25, 0.3) is 6.08 Å². The van der Waals surface area contributed by atoms with Crippen LogP contribution in [0.5, 0.6) is 5.75 Å². The number of hydrogen-bond donors (Lipinski definition) is 1. The molecular weight excluding hydrogens is 422 g/mol. The van der Waals surface area contributed by atoms with E-state index in [1.54, 1.807) is 19.1 Å². The average Bonchev–Trinajstić information content (AvgIpc) is 3.05. The van der Waals surface area contributed by atoms with Crippen LogP contribution in [0.1, 0.15) is 18.1 Å². The zero-order valence-corrected chi connectivity index (χ0v) is 16.6. The van der Waals surface area contributed by atoms with Crippen molar-refractivity contribution in [2.75, 3.05) is 0 Å². The Bertz CT molecular complexity index is 1060. The molecule has 140 valence electrons. The number of nitrogens with zero attached hydrogens (tertiary/aromatic N) is 2. The third-order valence-electron chi connectivity index (χ3n) is 4.18. The molecule has 7 heteroatoms. The molecule has 0 saturated heterocycles. The van der Waals surface area contributed by atoms with Crippen LogP contribution in [-0.4, -0.2) is 22.6 Å². The molecule has 28 heavy (non-hydrogen) atoms. The predicted octanol–water partition coefficient (Wildman–Crippen LogP) is 4.48. The maximum absolute atomic E-state index is 12.3. The lowest BCUT2D eigenvalue weighted by molar-refractivity contribution is -0.114. The molecule has 6 nitrogen and oxygen atoms in total. The second-order valence-corrected chi connectivity index (χ2v) is 7.14. The summed E-state index contributed by atoms with van der Waals surface area (Å²) in [6.45, 7) is 2.20. The van der Waals surface area contributed by atoms with E-state index in [0.717, 1.165) is 15.6 Å². The van der Waals surface area contributed by atoms with Gasteiger partial charge in [0, 0.05) is 6.08 Å². The van der Waals surface area contributed by atoms with Crippen molar-refractivity contribution >= 4 is 39.6 Å². The molecule has 0 atom stereocenters. The van der Waals surface area contributed by atoms with Crippen molar-refractivity contribution < 1.29 is 14.4 Å². The highest BCUT2D eigenvalue weighted by Gasteiger charge is 2.34. The number of halogens is 1. The summed E-state index contributed by atoms with van der Waals surface area (Å²) in [5.74, 6) is 1.10. The number of aliphatic imine (C=N–C) groups is 1. The van der Waals surface area contributed by atoms with Crippen molar-refractivity contribution in [3.63, 3.8) is 0 Å². The highest BCUT2D eigenvalue weighted by atomic mass is 79.9. The van der Waals surface area contributed by atoms with E-state index in [4.69, 9.17) is 15.0 Å². The molecule has 2 aromatic carbocycles. The number of rotatable bonds is 4. The van der Waals surface area contributed by atoms with E-state index in [1.165, 1.54) is 5.06 Å². The fourth-order valence-electron chi connectivity index (χ4n) is 2.83. The maximum Gasteiger partial charge on any atom is 0.282 e. The van der Waals surface area contributed by atoms with Crippen LogP contribution in [0.3, 0.4) is 0 Å². The van der Waals surface area contributed by atoms with Crippen molar-refractivity contribution in [1.29, 1.82) is 5.41 Å².